The summed E-state index contributed by atoms with van der Waals surface area (Å²) in [6, 6.07) is 9.83. The van der Waals surface area contributed by atoms with E-state index in [4.69, 9.17) is 10.00 Å². The second-order valence-corrected chi connectivity index (χ2v) is 5.52. The van der Waals surface area contributed by atoms with Crippen LogP contribution in [0.5, 0.6) is 5.75 Å². The van der Waals surface area contributed by atoms with Gasteiger partial charge in [-0.05, 0) is 24.3 Å². The molecule has 0 fully saturated rings. The Morgan fingerprint density at radius 2 is 2.28 bits per heavy atom. The van der Waals surface area contributed by atoms with E-state index in [1.165, 1.54) is 0 Å². The summed E-state index contributed by atoms with van der Waals surface area (Å²) >= 11 is 5.00. The van der Waals surface area contributed by atoms with Crippen molar-refractivity contribution in [1.29, 1.82) is 5.26 Å². The number of hydrogen-bond acceptors (Lipinski definition) is 4. The summed E-state index contributed by atoms with van der Waals surface area (Å²) in [6.07, 6.45) is 0. The van der Waals surface area contributed by atoms with Crippen molar-refractivity contribution >= 4 is 33.0 Å². The Morgan fingerprint density at radius 1 is 1.44 bits per heavy atom. The first-order valence-corrected chi connectivity index (χ1v) is 6.95. The predicted octanol–water partition coefficient (Wildman–Crippen LogP) is 4.00. The van der Waals surface area contributed by atoms with Gasteiger partial charge in [-0.15, -0.1) is 11.3 Å². The molecule has 5 heteroatoms. The van der Waals surface area contributed by atoms with Crippen LogP contribution in [0.1, 0.15) is 10.4 Å². The van der Waals surface area contributed by atoms with E-state index in [1.807, 2.05) is 29.6 Å². The zero-order chi connectivity index (χ0) is 13.0. The lowest BCUT2D eigenvalue weighted by molar-refractivity contribution is 0.416. The second-order valence-electron chi connectivity index (χ2n) is 3.61. The highest BCUT2D eigenvalue weighted by molar-refractivity contribution is 9.10. The molecule has 0 unspecified atom stereocenters. The molecule has 1 aromatic carbocycles. The molecule has 1 N–H and O–H groups in total. The molecule has 3 nitrogen and oxygen atoms in total. The smallest absolute Gasteiger partial charge is 0.142 e. The lowest BCUT2D eigenvalue weighted by Gasteiger charge is -2.10. The van der Waals surface area contributed by atoms with Gasteiger partial charge in [-0.2, -0.15) is 5.26 Å². The number of anilines is 1. The Kier molecular flexibility index (Phi) is 4.24. The van der Waals surface area contributed by atoms with Gasteiger partial charge in [0.25, 0.3) is 0 Å². The fraction of sp³-hybridized carbons (Fsp3) is 0.154. The summed E-state index contributed by atoms with van der Waals surface area (Å²) in [5.74, 6) is 0.801. The number of methoxy groups -OCH3 is 1. The maximum atomic E-state index is 8.76. The highest BCUT2D eigenvalue weighted by atomic mass is 79.9. The zero-order valence-electron chi connectivity index (χ0n) is 9.74. The molecule has 1 heterocycles. The molecule has 0 saturated heterocycles. The van der Waals surface area contributed by atoms with Crippen LogP contribution in [-0.4, -0.2) is 7.11 Å². The average Bonchev–Trinajstić information content (AvgIpc) is 2.84. The van der Waals surface area contributed by atoms with Gasteiger partial charge in [-0.1, -0.05) is 15.9 Å². The summed E-state index contributed by atoms with van der Waals surface area (Å²) in [7, 11) is 1.65. The molecular weight excluding hydrogens is 312 g/mol. The largest absolute Gasteiger partial charge is 0.495 e. The first-order chi connectivity index (χ1) is 8.72. The van der Waals surface area contributed by atoms with Gasteiger partial charge in [0.1, 0.15) is 11.8 Å². The molecule has 0 aliphatic heterocycles. The minimum absolute atomic E-state index is 0.680. The van der Waals surface area contributed by atoms with Crippen LogP contribution in [0.3, 0.4) is 0 Å². The van der Waals surface area contributed by atoms with E-state index in [1.54, 1.807) is 18.4 Å². The topological polar surface area (TPSA) is 45.0 Å². The van der Waals surface area contributed by atoms with Crippen LogP contribution >= 0.6 is 27.3 Å². The number of nitrogens with one attached hydrogen (secondary N) is 1. The van der Waals surface area contributed by atoms with Crippen molar-refractivity contribution in [2.45, 2.75) is 6.54 Å². The van der Waals surface area contributed by atoms with Crippen molar-refractivity contribution in [2.75, 3.05) is 12.4 Å². The molecule has 18 heavy (non-hydrogen) atoms. The summed E-state index contributed by atoms with van der Waals surface area (Å²) in [5.41, 5.74) is 1.64. The maximum absolute atomic E-state index is 8.76. The minimum Gasteiger partial charge on any atom is -0.495 e. The van der Waals surface area contributed by atoms with Gasteiger partial charge in [-0.3, -0.25) is 0 Å². The van der Waals surface area contributed by atoms with Crippen molar-refractivity contribution in [2.24, 2.45) is 0 Å². The molecule has 2 rings (SSSR count). The van der Waals surface area contributed by atoms with Crippen molar-refractivity contribution in [3.8, 4) is 11.8 Å². The van der Waals surface area contributed by atoms with Gasteiger partial charge in [0.15, 0.2) is 0 Å². The third kappa shape index (κ3) is 3.03. The molecule has 0 spiro atoms. The van der Waals surface area contributed by atoms with Gasteiger partial charge >= 0.3 is 0 Å². The summed E-state index contributed by atoms with van der Waals surface area (Å²) in [6.45, 7) is 0.680. The minimum atomic E-state index is 0.680. The standard InChI is InChI=1S/C13H11BrN2OS/c1-17-13-3-2-10(14)5-12(13)16-7-11-4-9(6-15)8-18-11/h2-5,8,16H,7H2,1H3. The first-order valence-electron chi connectivity index (χ1n) is 5.28. The van der Waals surface area contributed by atoms with Crippen molar-refractivity contribution in [1.82, 2.24) is 0 Å². The van der Waals surface area contributed by atoms with Gasteiger partial charge in [-0.25, -0.2) is 0 Å². The number of hydrogen-bond donors (Lipinski definition) is 1. The number of benzene rings is 1. The van der Waals surface area contributed by atoms with Crippen LogP contribution in [0.4, 0.5) is 5.69 Å². The number of rotatable bonds is 4. The lowest BCUT2D eigenvalue weighted by Crippen LogP contribution is -1.99. The van der Waals surface area contributed by atoms with E-state index in [2.05, 4.69) is 27.3 Å². The van der Waals surface area contributed by atoms with Crippen LogP contribution in [0.15, 0.2) is 34.1 Å². The Balaban J connectivity index is 2.10. The molecule has 0 atom stereocenters. The Labute approximate surface area is 118 Å². The molecule has 0 bridgehead atoms. The molecular formula is C13H11BrN2OS. The SMILES string of the molecule is COc1ccc(Br)cc1NCc1cc(C#N)cs1. The molecule has 1 aromatic heterocycles. The van der Waals surface area contributed by atoms with E-state index in [0.29, 0.717) is 12.1 Å². The second kappa shape index (κ2) is 5.89. The number of thiophene rings is 1. The number of nitriles is 1. The van der Waals surface area contributed by atoms with Crippen molar-refractivity contribution in [3.05, 3.63) is 44.6 Å². The Bertz CT molecular complexity index is 589. The molecule has 0 amide bonds. The summed E-state index contributed by atoms with van der Waals surface area (Å²) in [4.78, 5) is 1.12. The summed E-state index contributed by atoms with van der Waals surface area (Å²) in [5, 5.41) is 13.9. The van der Waals surface area contributed by atoms with Gasteiger partial charge < -0.3 is 10.1 Å². The molecule has 0 saturated carbocycles. The van der Waals surface area contributed by atoms with Crippen LogP contribution in [0.25, 0.3) is 0 Å². The molecule has 0 aliphatic carbocycles. The Hall–Kier alpha value is -1.51. The van der Waals surface area contributed by atoms with Crippen LogP contribution in [0, 0.1) is 11.3 Å². The van der Waals surface area contributed by atoms with E-state index >= 15 is 0 Å². The normalized spacial score (nSPS) is 9.83. The van der Waals surface area contributed by atoms with Crippen LogP contribution in [0.2, 0.25) is 0 Å². The third-order valence-corrected chi connectivity index (χ3v) is 3.83. The van der Waals surface area contributed by atoms with E-state index in [0.717, 1.165) is 20.8 Å². The zero-order valence-corrected chi connectivity index (χ0v) is 12.1. The molecule has 0 aliphatic rings. The number of halogens is 1. The Morgan fingerprint density at radius 3 is 2.94 bits per heavy atom. The van der Waals surface area contributed by atoms with E-state index in [9.17, 15) is 0 Å². The highest BCUT2D eigenvalue weighted by Crippen LogP contribution is 2.28. The van der Waals surface area contributed by atoms with Gasteiger partial charge in [0.05, 0.1) is 18.4 Å². The van der Waals surface area contributed by atoms with Crippen LogP contribution < -0.4 is 10.1 Å². The third-order valence-electron chi connectivity index (χ3n) is 2.40. The van der Waals surface area contributed by atoms with Crippen molar-refractivity contribution in [3.63, 3.8) is 0 Å². The van der Waals surface area contributed by atoms with Crippen LogP contribution in [-0.2, 0) is 6.54 Å². The number of ether oxygens (including phenoxy) is 1. The lowest BCUT2D eigenvalue weighted by atomic mass is 10.3. The fourth-order valence-electron chi connectivity index (χ4n) is 1.53. The first kappa shape index (κ1) is 12.9. The quantitative estimate of drug-likeness (QED) is 0.925. The average molecular weight is 323 g/mol. The van der Waals surface area contributed by atoms with Crippen molar-refractivity contribution < 1.29 is 4.74 Å². The van der Waals surface area contributed by atoms with E-state index < -0.39 is 0 Å². The molecule has 2 aromatic rings. The predicted molar refractivity (Wildman–Crippen MR) is 77.1 cm³/mol. The maximum Gasteiger partial charge on any atom is 0.142 e. The fourth-order valence-corrected chi connectivity index (χ4v) is 2.64. The van der Waals surface area contributed by atoms with Gasteiger partial charge in [0.2, 0.25) is 0 Å². The monoisotopic (exact) mass is 322 g/mol. The summed E-state index contributed by atoms with van der Waals surface area (Å²) < 4.78 is 6.28. The highest BCUT2D eigenvalue weighted by Gasteiger charge is 2.04. The van der Waals surface area contributed by atoms with E-state index in [-0.39, 0.29) is 0 Å². The van der Waals surface area contributed by atoms with Gasteiger partial charge in [0, 0.05) is 21.3 Å². The molecule has 0 radical (unpaired) electrons. The number of nitrogens with zero attached hydrogens (tertiary/aromatic N) is 1. The molecule has 92 valence electrons.